The first-order chi connectivity index (χ1) is 8.54. The van der Waals surface area contributed by atoms with Crippen LogP contribution < -0.4 is 4.74 Å². The van der Waals surface area contributed by atoms with Gasteiger partial charge in [-0.1, -0.05) is 11.6 Å². The van der Waals surface area contributed by atoms with E-state index in [1.807, 2.05) is 13.0 Å². The molecular formula is C13H11BrCl2O2. The fourth-order valence-corrected chi connectivity index (χ4v) is 3.15. The zero-order chi connectivity index (χ0) is 13.3. The molecular weight excluding hydrogens is 339 g/mol. The zero-order valence-corrected chi connectivity index (χ0v) is 12.9. The number of hydrogen-bond acceptors (Lipinski definition) is 2. The predicted octanol–water partition coefficient (Wildman–Crippen LogP) is 5.34. The van der Waals surface area contributed by atoms with Gasteiger partial charge in [0.25, 0.3) is 0 Å². The molecule has 2 rings (SSSR count). The number of halogens is 3. The predicted molar refractivity (Wildman–Crippen MR) is 76.8 cm³/mol. The van der Waals surface area contributed by atoms with Crippen molar-refractivity contribution in [2.75, 3.05) is 7.11 Å². The number of hydrogen-bond donors (Lipinski definition) is 0. The number of aryl methyl sites for hydroxylation is 1. The lowest BCUT2D eigenvalue weighted by atomic mass is 10.1. The maximum Gasteiger partial charge on any atom is 0.138 e. The molecule has 0 spiro atoms. The number of benzene rings is 1. The quantitative estimate of drug-likeness (QED) is 0.698. The van der Waals surface area contributed by atoms with Crippen molar-refractivity contribution in [1.29, 1.82) is 0 Å². The molecule has 0 aliphatic heterocycles. The average molecular weight is 350 g/mol. The molecule has 2 nitrogen and oxygen atoms in total. The highest BCUT2D eigenvalue weighted by Crippen LogP contribution is 2.42. The molecule has 18 heavy (non-hydrogen) atoms. The molecule has 96 valence electrons. The molecule has 0 saturated carbocycles. The molecule has 1 aromatic carbocycles. The van der Waals surface area contributed by atoms with E-state index in [1.165, 1.54) is 0 Å². The van der Waals surface area contributed by atoms with E-state index < -0.39 is 5.38 Å². The number of furan rings is 1. The summed E-state index contributed by atoms with van der Waals surface area (Å²) in [7, 11) is 1.59. The monoisotopic (exact) mass is 348 g/mol. The first-order valence-corrected chi connectivity index (χ1v) is 6.86. The Morgan fingerprint density at radius 3 is 2.67 bits per heavy atom. The average Bonchev–Trinajstić information content (AvgIpc) is 2.73. The molecule has 1 aromatic heterocycles. The van der Waals surface area contributed by atoms with E-state index in [1.54, 1.807) is 25.5 Å². The number of methoxy groups -OCH3 is 1. The van der Waals surface area contributed by atoms with Gasteiger partial charge in [-0.25, -0.2) is 0 Å². The fourth-order valence-electron chi connectivity index (χ4n) is 1.77. The Bertz CT molecular complexity index is 566. The van der Waals surface area contributed by atoms with Gasteiger partial charge in [0, 0.05) is 10.6 Å². The second-order valence-electron chi connectivity index (χ2n) is 3.84. The summed E-state index contributed by atoms with van der Waals surface area (Å²) < 4.78 is 11.5. The lowest BCUT2D eigenvalue weighted by Gasteiger charge is -2.15. The van der Waals surface area contributed by atoms with Crippen LogP contribution in [0.1, 0.15) is 22.3 Å². The van der Waals surface area contributed by atoms with Crippen LogP contribution in [0, 0.1) is 6.92 Å². The van der Waals surface area contributed by atoms with Crippen molar-refractivity contribution in [2.24, 2.45) is 0 Å². The molecule has 0 radical (unpaired) electrons. The largest absolute Gasteiger partial charge is 0.495 e. The van der Waals surface area contributed by atoms with Crippen LogP contribution in [0.3, 0.4) is 0 Å². The smallest absolute Gasteiger partial charge is 0.138 e. The Morgan fingerprint density at radius 2 is 2.11 bits per heavy atom. The first kappa shape index (κ1) is 13.8. The Kier molecular flexibility index (Phi) is 4.25. The minimum absolute atomic E-state index is 0.440. The van der Waals surface area contributed by atoms with Gasteiger partial charge in [0.2, 0.25) is 0 Å². The SMILES string of the molecule is COc1c(Br)cc(Cl)cc1C(Cl)c1occc1C. The molecule has 0 bridgehead atoms. The molecule has 1 atom stereocenters. The summed E-state index contributed by atoms with van der Waals surface area (Å²) in [5.41, 5.74) is 1.77. The molecule has 0 aliphatic carbocycles. The number of ether oxygens (including phenoxy) is 1. The van der Waals surface area contributed by atoms with E-state index >= 15 is 0 Å². The highest BCUT2D eigenvalue weighted by molar-refractivity contribution is 9.10. The van der Waals surface area contributed by atoms with Gasteiger partial charge in [-0.05, 0) is 46.6 Å². The van der Waals surface area contributed by atoms with Crippen molar-refractivity contribution in [3.05, 3.63) is 50.8 Å². The lowest BCUT2D eigenvalue weighted by molar-refractivity contribution is 0.405. The summed E-state index contributed by atoms with van der Waals surface area (Å²) in [5.74, 6) is 1.36. The highest BCUT2D eigenvalue weighted by atomic mass is 79.9. The van der Waals surface area contributed by atoms with Crippen LogP contribution in [0.15, 0.2) is 33.4 Å². The molecule has 0 amide bonds. The van der Waals surface area contributed by atoms with Gasteiger partial charge in [0.1, 0.15) is 16.9 Å². The summed E-state index contributed by atoms with van der Waals surface area (Å²) in [6.07, 6.45) is 1.62. The van der Waals surface area contributed by atoms with Crippen molar-refractivity contribution < 1.29 is 9.15 Å². The summed E-state index contributed by atoms with van der Waals surface area (Å²) in [5, 5.41) is 0.150. The highest BCUT2D eigenvalue weighted by Gasteiger charge is 2.22. The summed E-state index contributed by atoms with van der Waals surface area (Å²) in [6.45, 7) is 1.94. The van der Waals surface area contributed by atoms with Crippen LogP contribution in [0.25, 0.3) is 0 Å². The molecule has 0 N–H and O–H groups in total. The van der Waals surface area contributed by atoms with Crippen molar-refractivity contribution in [3.63, 3.8) is 0 Å². The molecule has 2 aromatic rings. The zero-order valence-electron chi connectivity index (χ0n) is 9.84. The second kappa shape index (κ2) is 5.55. The Balaban J connectivity index is 2.54. The van der Waals surface area contributed by atoms with Crippen LogP contribution in [0.4, 0.5) is 0 Å². The third-order valence-electron chi connectivity index (χ3n) is 2.65. The van der Waals surface area contributed by atoms with Gasteiger partial charge in [-0.2, -0.15) is 0 Å². The maximum atomic E-state index is 6.45. The number of alkyl halides is 1. The topological polar surface area (TPSA) is 22.4 Å². The van der Waals surface area contributed by atoms with E-state index in [4.69, 9.17) is 32.4 Å². The molecule has 1 heterocycles. The molecule has 5 heteroatoms. The Morgan fingerprint density at radius 1 is 1.39 bits per heavy atom. The minimum atomic E-state index is -0.440. The van der Waals surface area contributed by atoms with Crippen LogP contribution in [-0.2, 0) is 0 Å². The number of rotatable bonds is 3. The van der Waals surface area contributed by atoms with Crippen LogP contribution in [0.5, 0.6) is 5.75 Å². The normalized spacial score (nSPS) is 12.5. The minimum Gasteiger partial charge on any atom is -0.495 e. The standard InChI is InChI=1S/C13H11BrCl2O2/c1-7-3-4-18-12(7)11(16)9-5-8(15)6-10(14)13(9)17-2/h3-6,11H,1-2H3. The van der Waals surface area contributed by atoms with Crippen molar-refractivity contribution in [3.8, 4) is 5.75 Å². The van der Waals surface area contributed by atoms with Gasteiger partial charge in [0.15, 0.2) is 0 Å². The summed E-state index contributed by atoms with van der Waals surface area (Å²) in [6, 6.07) is 5.42. The summed E-state index contributed by atoms with van der Waals surface area (Å²) >= 11 is 15.9. The molecule has 0 aliphatic rings. The van der Waals surface area contributed by atoms with E-state index in [-0.39, 0.29) is 0 Å². The van der Waals surface area contributed by atoms with Gasteiger partial charge < -0.3 is 9.15 Å². The van der Waals surface area contributed by atoms with E-state index in [9.17, 15) is 0 Å². The third-order valence-corrected chi connectivity index (χ3v) is 3.89. The van der Waals surface area contributed by atoms with Crippen molar-refractivity contribution in [1.82, 2.24) is 0 Å². The van der Waals surface area contributed by atoms with Gasteiger partial charge in [-0.15, -0.1) is 11.6 Å². The first-order valence-electron chi connectivity index (χ1n) is 5.25. The Hall–Kier alpha value is -0.640. The Labute approximate surface area is 124 Å². The summed E-state index contributed by atoms with van der Waals surface area (Å²) in [4.78, 5) is 0. The lowest BCUT2D eigenvalue weighted by Crippen LogP contribution is -1.99. The fraction of sp³-hybridized carbons (Fsp3) is 0.231. The molecule has 0 saturated heterocycles. The van der Waals surface area contributed by atoms with Gasteiger partial charge in [0.05, 0.1) is 17.8 Å². The van der Waals surface area contributed by atoms with E-state index in [0.29, 0.717) is 16.5 Å². The van der Waals surface area contributed by atoms with E-state index in [2.05, 4.69) is 15.9 Å². The van der Waals surface area contributed by atoms with Crippen molar-refractivity contribution >= 4 is 39.1 Å². The third kappa shape index (κ3) is 2.53. The molecule has 0 fully saturated rings. The van der Waals surface area contributed by atoms with Crippen LogP contribution >= 0.6 is 39.1 Å². The van der Waals surface area contributed by atoms with Gasteiger partial charge in [-0.3, -0.25) is 0 Å². The van der Waals surface area contributed by atoms with Crippen LogP contribution in [-0.4, -0.2) is 7.11 Å². The van der Waals surface area contributed by atoms with Crippen molar-refractivity contribution in [2.45, 2.75) is 12.3 Å². The van der Waals surface area contributed by atoms with Crippen LogP contribution in [0.2, 0.25) is 5.02 Å². The maximum absolute atomic E-state index is 6.45. The van der Waals surface area contributed by atoms with E-state index in [0.717, 1.165) is 15.6 Å². The van der Waals surface area contributed by atoms with Gasteiger partial charge >= 0.3 is 0 Å². The second-order valence-corrected chi connectivity index (χ2v) is 5.57. The molecule has 1 unspecified atom stereocenters.